The van der Waals surface area contributed by atoms with Crippen LogP contribution in [0.1, 0.15) is 43.6 Å². The van der Waals surface area contributed by atoms with Gasteiger partial charge in [0.2, 0.25) is 0 Å². The number of nitrogens with zero attached hydrogens (tertiary/aromatic N) is 3. The van der Waals surface area contributed by atoms with E-state index in [1.54, 1.807) is 4.68 Å². The van der Waals surface area contributed by atoms with Gasteiger partial charge >= 0.3 is 5.97 Å². The highest BCUT2D eigenvalue weighted by molar-refractivity contribution is 5.69. The van der Waals surface area contributed by atoms with Crippen LogP contribution in [0.5, 0.6) is 0 Å². The molecule has 2 rings (SSSR count). The maximum absolute atomic E-state index is 11.8. The van der Waals surface area contributed by atoms with Crippen LogP contribution >= 0.6 is 0 Å². The number of ether oxygens (including phenoxy) is 1. The lowest BCUT2D eigenvalue weighted by Crippen LogP contribution is -2.34. The summed E-state index contributed by atoms with van der Waals surface area (Å²) < 4.78 is 6.94. The number of hydrogen-bond acceptors (Lipinski definition) is 5. The Balaban J connectivity index is 1.99. The number of aryl methyl sites for hydroxylation is 1. The van der Waals surface area contributed by atoms with Crippen molar-refractivity contribution in [2.24, 2.45) is 5.92 Å². The first kappa shape index (κ1) is 17.9. The molecule has 1 aliphatic heterocycles. The van der Waals surface area contributed by atoms with Gasteiger partial charge in [0.15, 0.2) is 0 Å². The Morgan fingerprint density at radius 1 is 1.35 bits per heavy atom. The quantitative estimate of drug-likeness (QED) is 0.806. The van der Waals surface area contributed by atoms with Crippen LogP contribution in [0.25, 0.3) is 0 Å². The predicted octanol–water partition coefficient (Wildman–Crippen LogP) is 1.66. The van der Waals surface area contributed by atoms with E-state index in [2.05, 4.69) is 10.00 Å². The molecule has 0 aliphatic carbocycles. The number of carbonyl (C=O) groups excluding carboxylic acids is 1. The summed E-state index contributed by atoms with van der Waals surface area (Å²) >= 11 is 0. The van der Waals surface area contributed by atoms with E-state index in [1.165, 1.54) is 5.56 Å². The molecule has 2 heterocycles. The average Bonchev–Trinajstić information content (AvgIpc) is 2.74. The monoisotopic (exact) mass is 323 g/mol. The minimum Gasteiger partial charge on any atom is -0.462 e. The largest absolute Gasteiger partial charge is 0.462 e. The van der Waals surface area contributed by atoms with Crippen LogP contribution in [0.15, 0.2) is 0 Å². The van der Waals surface area contributed by atoms with E-state index in [9.17, 15) is 9.90 Å². The van der Waals surface area contributed by atoms with Gasteiger partial charge in [0.1, 0.15) is 6.54 Å². The van der Waals surface area contributed by atoms with Crippen molar-refractivity contribution >= 4 is 5.97 Å². The molecular weight excluding hydrogens is 294 g/mol. The lowest BCUT2D eigenvalue weighted by molar-refractivity contribution is -0.148. The zero-order chi connectivity index (χ0) is 17.0. The molecular formula is C17H29N3O3. The van der Waals surface area contributed by atoms with Crippen molar-refractivity contribution in [3.8, 4) is 0 Å². The van der Waals surface area contributed by atoms with Crippen LogP contribution in [0.2, 0.25) is 0 Å². The second-order valence-electron chi connectivity index (χ2n) is 6.75. The molecule has 0 aromatic carbocycles. The Kier molecular flexibility index (Phi) is 6.18. The van der Waals surface area contributed by atoms with E-state index in [4.69, 9.17) is 4.74 Å². The number of carbonyl (C=O) groups is 1. The van der Waals surface area contributed by atoms with Gasteiger partial charge in [-0.2, -0.15) is 5.10 Å². The lowest BCUT2D eigenvalue weighted by Gasteiger charge is -2.31. The average molecular weight is 323 g/mol. The van der Waals surface area contributed by atoms with Crippen molar-refractivity contribution < 1.29 is 14.6 Å². The maximum atomic E-state index is 11.8. The summed E-state index contributed by atoms with van der Waals surface area (Å²) in [5, 5.41) is 13.7. The molecule has 6 heteroatoms. The van der Waals surface area contributed by atoms with Crippen LogP contribution < -0.4 is 0 Å². The molecule has 1 saturated heterocycles. The van der Waals surface area contributed by atoms with Crippen molar-refractivity contribution in [3.05, 3.63) is 17.0 Å². The molecule has 0 saturated carbocycles. The van der Waals surface area contributed by atoms with E-state index in [0.29, 0.717) is 12.5 Å². The van der Waals surface area contributed by atoms with Gasteiger partial charge in [0.05, 0.1) is 11.8 Å². The first-order chi connectivity index (χ1) is 10.9. The molecule has 0 spiro atoms. The number of rotatable bonds is 6. The summed E-state index contributed by atoms with van der Waals surface area (Å²) in [6, 6.07) is 0. The number of aromatic nitrogens is 2. The SMILES string of the molecule is Cc1nn(CC(=O)OC(C)C)c(C)c1CN1CCC(CO)CC1. The fourth-order valence-electron chi connectivity index (χ4n) is 3.09. The third kappa shape index (κ3) is 4.78. The minimum atomic E-state index is -0.249. The second-order valence-corrected chi connectivity index (χ2v) is 6.75. The highest BCUT2D eigenvalue weighted by Gasteiger charge is 2.22. The third-order valence-electron chi connectivity index (χ3n) is 4.52. The molecule has 1 aromatic rings. The Hall–Kier alpha value is -1.40. The number of aliphatic hydroxyl groups excluding tert-OH is 1. The highest BCUT2D eigenvalue weighted by atomic mass is 16.5. The summed E-state index contributed by atoms with van der Waals surface area (Å²) in [7, 11) is 0. The van der Waals surface area contributed by atoms with Crippen molar-refractivity contribution in [2.75, 3.05) is 19.7 Å². The first-order valence-electron chi connectivity index (χ1n) is 8.46. The van der Waals surface area contributed by atoms with Crippen molar-refractivity contribution in [2.45, 2.75) is 59.7 Å². The topological polar surface area (TPSA) is 67.6 Å². The Bertz CT molecular complexity index is 531. The molecule has 0 radical (unpaired) electrons. The predicted molar refractivity (Wildman–Crippen MR) is 88.0 cm³/mol. The molecule has 1 aliphatic rings. The summed E-state index contributed by atoms with van der Waals surface area (Å²) in [5.74, 6) is 0.197. The van der Waals surface area contributed by atoms with Crippen LogP contribution in [-0.4, -0.2) is 51.6 Å². The number of aliphatic hydroxyl groups is 1. The molecule has 6 nitrogen and oxygen atoms in total. The number of hydrogen-bond donors (Lipinski definition) is 1. The molecule has 0 atom stereocenters. The van der Waals surface area contributed by atoms with Gasteiger partial charge < -0.3 is 9.84 Å². The molecule has 23 heavy (non-hydrogen) atoms. The molecule has 1 fully saturated rings. The molecule has 0 amide bonds. The summed E-state index contributed by atoms with van der Waals surface area (Å²) in [6.45, 7) is 11.0. The van der Waals surface area contributed by atoms with E-state index in [-0.39, 0.29) is 18.6 Å². The minimum absolute atomic E-state index is 0.105. The van der Waals surface area contributed by atoms with Crippen molar-refractivity contribution in [1.82, 2.24) is 14.7 Å². The van der Waals surface area contributed by atoms with Crippen molar-refractivity contribution in [3.63, 3.8) is 0 Å². The molecule has 130 valence electrons. The molecule has 1 N–H and O–H groups in total. The van der Waals surface area contributed by atoms with Gasteiger partial charge in [-0.15, -0.1) is 0 Å². The van der Waals surface area contributed by atoms with Gasteiger partial charge in [-0.1, -0.05) is 0 Å². The first-order valence-corrected chi connectivity index (χ1v) is 8.46. The normalized spacial score (nSPS) is 17.0. The van der Waals surface area contributed by atoms with Crippen LogP contribution in [-0.2, 0) is 22.6 Å². The smallest absolute Gasteiger partial charge is 0.328 e. The number of piperidine rings is 1. The van der Waals surface area contributed by atoms with E-state index in [1.807, 2.05) is 27.7 Å². The summed E-state index contributed by atoms with van der Waals surface area (Å²) in [5.41, 5.74) is 3.21. The Morgan fingerprint density at radius 2 is 2.00 bits per heavy atom. The second kappa shape index (κ2) is 7.93. The standard InChI is InChI=1S/C17H29N3O3/c1-12(2)23-17(22)10-20-14(4)16(13(3)18-20)9-19-7-5-15(11-21)6-8-19/h12,15,21H,5-11H2,1-4H3. The summed E-state index contributed by atoms with van der Waals surface area (Å²) in [4.78, 5) is 14.2. The van der Waals surface area contributed by atoms with Crippen LogP contribution in [0, 0.1) is 19.8 Å². The molecule has 0 unspecified atom stereocenters. The fraction of sp³-hybridized carbons (Fsp3) is 0.765. The number of esters is 1. The van der Waals surface area contributed by atoms with E-state index >= 15 is 0 Å². The highest BCUT2D eigenvalue weighted by Crippen LogP contribution is 2.21. The molecule has 1 aromatic heterocycles. The maximum Gasteiger partial charge on any atom is 0.328 e. The van der Waals surface area contributed by atoms with Gasteiger partial charge in [0, 0.05) is 24.4 Å². The Labute approximate surface area is 138 Å². The van der Waals surface area contributed by atoms with E-state index < -0.39 is 0 Å². The Morgan fingerprint density at radius 3 is 2.57 bits per heavy atom. The van der Waals surface area contributed by atoms with Gasteiger partial charge in [0.25, 0.3) is 0 Å². The zero-order valence-electron chi connectivity index (χ0n) is 14.7. The fourth-order valence-corrected chi connectivity index (χ4v) is 3.09. The van der Waals surface area contributed by atoms with Gasteiger partial charge in [-0.05, 0) is 59.5 Å². The van der Waals surface area contributed by atoms with E-state index in [0.717, 1.165) is 43.9 Å². The number of likely N-dealkylation sites (tertiary alicyclic amines) is 1. The molecule has 0 bridgehead atoms. The summed E-state index contributed by atoms with van der Waals surface area (Å²) in [6.07, 6.45) is 1.99. The third-order valence-corrected chi connectivity index (χ3v) is 4.52. The van der Waals surface area contributed by atoms with Crippen LogP contribution in [0.3, 0.4) is 0 Å². The van der Waals surface area contributed by atoms with Crippen LogP contribution in [0.4, 0.5) is 0 Å². The zero-order valence-corrected chi connectivity index (χ0v) is 14.7. The van der Waals surface area contributed by atoms with Crippen molar-refractivity contribution in [1.29, 1.82) is 0 Å². The van der Waals surface area contributed by atoms with Gasteiger partial charge in [-0.25, -0.2) is 0 Å². The van der Waals surface area contributed by atoms with Gasteiger partial charge in [-0.3, -0.25) is 14.4 Å². The lowest BCUT2D eigenvalue weighted by atomic mass is 9.97.